The third-order valence-electron chi connectivity index (χ3n) is 3.96. The molecule has 4 rings (SSSR count). The molecule has 3 nitrogen and oxygen atoms in total. The molecule has 2 aromatic carbocycles. The lowest BCUT2D eigenvalue weighted by atomic mass is 10.1. The zero-order chi connectivity index (χ0) is 19.0. The number of hydrogen-bond donors (Lipinski definition) is 1. The molecule has 134 valence electrons. The van der Waals surface area contributed by atoms with Crippen molar-refractivity contribution >= 4 is 57.0 Å². The number of pyridine rings is 1. The van der Waals surface area contributed by atoms with Crippen LogP contribution in [0.2, 0.25) is 9.36 Å². The van der Waals surface area contributed by atoms with Gasteiger partial charge < -0.3 is 5.32 Å². The Labute approximate surface area is 168 Å². The molecule has 0 spiro atoms. The second kappa shape index (κ2) is 7.27. The summed E-state index contributed by atoms with van der Waals surface area (Å²) in [5, 5.41) is 3.42. The van der Waals surface area contributed by atoms with E-state index in [1.54, 1.807) is 12.1 Å². The molecule has 7 heteroatoms. The molecule has 27 heavy (non-hydrogen) atoms. The van der Waals surface area contributed by atoms with E-state index in [9.17, 15) is 9.18 Å². The van der Waals surface area contributed by atoms with E-state index in [0.717, 1.165) is 10.3 Å². The first-order valence-electron chi connectivity index (χ1n) is 7.93. The van der Waals surface area contributed by atoms with Crippen molar-refractivity contribution in [1.82, 2.24) is 4.98 Å². The van der Waals surface area contributed by atoms with Gasteiger partial charge in [-0.05, 0) is 42.5 Å². The van der Waals surface area contributed by atoms with Crippen molar-refractivity contribution in [2.45, 2.75) is 0 Å². The van der Waals surface area contributed by atoms with Crippen LogP contribution < -0.4 is 5.32 Å². The number of para-hydroxylation sites is 1. The molecule has 1 N–H and O–H groups in total. The minimum Gasteiger partial charge on any atom is -0.322 e. The summed E-state index contributed by atoms with van der Waals surface area (Å²) in [6.45, 7) is 0. The average molecular weight is 417 g/mol. The topological polar surface area (TPSA) is 42.0 Å². The zero-order valence-electron chi connectivity index (χ0n) is 13.7. The van der Waals surface area contributed by atoms with E-state index in [1.807, 2.05) is 30.3 Å². The van der Waals surface area contributed by atoms with Gasteiger partial charge in [-0.25, -0.2) is 9.37 Å². The molecule has 0 fully saturated rings. The fourth-order valence-corrected chi connectivity index (χ4v) is 3.90. The van der Waals surface area contributed by atoms with Crippen LogP contribution in [0.4, 0.5) is 10.1 Å². The number of amides is 1. The lowest BCUT2D eigenvalue weighted by Gasteiger charge is -2.10. The summed E-state index contributed by atoms with van der Waals surface area (Å²) < 4.78 is 14.0. The van der Waals surface area contributed by atoms with Crippen molar-refractivity contribution in [3.05, 3.63) is 81.4 Å². The minimum absolute atomic E-state index is 0.0543. The number of halogens is 3. The first-order valence-corrected chi connectivity index (χ1v) is 9.50. The third-order valence-corrected chi connectivity index (χ3v) is 5.51. The van der Waals surface area contributed by atoms with Crippen LogP contribution in [0.15, 0.2) is 60.7 Å². The van der Waals surface area contributed by atoms with Crippen LogP contribution in [0.25, 0.3) is 21.5 Å². The van der Waals surface area contributed by atoms with Gasteiger partial charge >= 0.3 is 0 Å². The Balaban J connectivity index is 1.79. The second-order valence-electron chi connectivity index (χ2n) is 5.76. The second-order valence-corrected chi connectivity index (χ2v) is 7.88. The monoisotopic (exact) mass is 416 g/mol. The summed E-state index contributed by atoms with van der Waals surface area (Å²) in [6.07, 6.45) is 0. The van der Waals surface area contributed by atoms with Crippen LogP contribution in [0.3, 0.4) is 0 Å². The van der Waals surface area contributed by atoms with E-state index in [2.05, 4.69) is 10.3 Å². The predicted octanol–water partition coefficient (Wildman–Crippen LogP) is 6.66. The van der Waals surface area contributed by atoms with Crippen LogP contribution >= 0.6 is 34.5 Å². The van der Waals surface area contributed by atoms with Gasteiger partial charge in [-0.1, -0.05) is 41.4 Å². The van der Waals surface area contributed by atoms with E-state index in [0.29, 0.717) is 26.8 Å². The van der Waals surface area contributed by atoms with Gasteiger partial charge in [-0.15, -0.1) is 11.3 Å². The Morgan fingerprint density at radius 3 is 2.59 bits per heavy atom. The molecule has 0 atom stereocenters. The fourth-order valence-electron chi connectivity index (χ4n) is 2.71. The van der Waals surface area contributed by atoms with E-state index in [1.165, 1.54) is 29.5 Å². The SMILES string of the molecule is O=C(Nc1ccc(F)c(Cl)c1)c1cc(-c2ccc(Cl)s2)nc2ccccc12. The highest BCUT2D eigenvalue weighted by atomic mass is 35.5. The van der Waals surface area contributed by atoms with Crippen LogP contribution in [0.5, 0.6) is 0 Å². The van der Waals surface area contributed by atoms with Crippen molar-refractivity contribution in [2.24, 2.45) is 0 Å². The molecule has 4 aromatic rings. The average Bonchev–Trinajstić information content (AvgIpc) is 3.10. The van der Waals surface area contributed by atoms with Crippen LogP contribution in [-0.2, 0) is 0 Å². The largest absolute Gasteiger partial charge is 0.322 e. The van der Waals surface area contributed by atoms with Crippen molar-refractivity contribution in [1.29, 1.82) is 0 Å². The van der Waals surface area contributed by atoms with Gasteiger partial charge in [0, 0.05) is 11.1 Å². The molecule has 2 aromatic heterocycles. The van der Waals surface area contributed by atoms with Crippen LogP contribution in [0, 0.1) is 5.82 Å². The van der Waals surface area contributed by atoms with Crippen LogP contribution in [0.1, 0.15) is 10.4 Å². The number of fused-ring (bicyclic) bond motifs is 1. The summed E-state index contributed by atoms with van der Waals surface area (Å²) in [5.41, 5.74) is 2.23. The summed E-state index contributed by atoms with van der Waals surface area (Å²) in [4.78, 5) is 18.4. The number of aromatic nitrogens is 1. The number of rotatable bonds is 3. The maximum atomic E-state index is 13.3. The first kappa shape index (κ1) is 17.9. The highest BCUT2D eigenvalue weighted by molar-refractivity contribution is 7.19. The quantitative estimate of drug-likeness (QED) is 0.405. The standard InChI is InChI=1S/C20H11Cl2FN2OS/c21-14-9-11(5-6-15(14)23)24-20(26)13-10-17(18-7-8-19(22)27-18)25-16-4-2-1-3-12(13)16/h1-10H,(H,24,26). The third kappa shape index (κ3) is 3.67. The van der Waals surface area contributed by atoms with Gasteiger partial charge in [-0.3, -0.25) is 4.79 Å². The van der Waals surface area contributed by atoms with Crippen molar-refractivity contribution < 1.29 is 9.18 Å². The van der Waals surface area contributed by atoms with E-state index >= 15 is 0 Å². The van der Waals surface area contributed by atoms with Gasteiger partial charge in [0.2, 0.25) is 0 Å². The number of carbonyl (C=O) groups is 1. The molecule has 1 amide bonds. The van der Waals surface area contributed by atoms with Gasteiger partial charge in [-0.2, -0.15) is 0 Å². The van der Waals surface area contributed by atoms with Gasteiger partial charge in [0.25, 0.3) is 5.91 Å². The number of nitrogens with zero attached hydrogens (tertiary/aromatic N) is 1. The maximum absolute atomic E-state index is 13.3. The highest BCUT2D eigenvalue weighted by Crippen LogP contribution is 2.32. The number of thiophene rings is 1. The molecule has 0 saturated heterocycles. The fraction of sp³-hybridized carbons (Fsp3) is 0. The molecule has 0 radical (unpaired) electrons. The van der Waals surface area contributed by atoms with E-state index in [-0.39, 0.29) is 10.9 Å². The lowest BCUT2D eigenvalue weighted by Crippen LogP contribution is -2.13. The molecular formula is C20H11Cl2FN2OS. The van der Waals surface area contributed by atoms with Crippen molar-refractivity contribution in [2.75, 3.05) is 5.32 Å². The number of benzene rings is 2. The Morgan fingerprint density at radius 2 is 1.85 bits per heavy atom. The van der Waals surface area contributed by atoms with Gasteiger partial charge in [0.1, 0.15) is 5.82 Å². The molecule has 0 bridgehead atoms. The van der Waals surface area contributed by atoms with Crippen molar-refractivity contribution in [3.8, 4) is 10.6 Å². The Bertz CT molecular complexity index is 1180. The molecule has 2 heterocycles. The Morgan fingerprint density at radius 1 is 1.04 bits per heavy atom. The summed E-state index contributed by atoms with van der Waals surface area (Å²) in [5.74, 6) is -0.874. The maximum Gasteiger partial charge on any atom is 0.256 e. The molecule has 0 unspecified atom stereocenters. The number of hydrogen-bond acceptors (Lipinski definition) is 3. The molecule has 0 aliphatic heterocycles. The zero-order valence-corrected chi connectivity index (χ0v) is 16.0. The Kier molecular flexibility index (Phi) is 4.83. The molecular weight excluding hydrogens is 406 g/mol. The summed E-state index contributed by atoms with van der Waals surface area (Å²) in [7, 11) is 0. The van der Waals surface area contributed by atoms with Crippen LogP contribution in [-0.4, -0.2) is 10.9 Å². The Hall–Kier alpha value is -2.47. The normalized spacial score (nSPS) is 10.9. The molecule has 0 aliphatic rings. The number of anilines is 1. The van der Waals surface area contributed by atoms with Crippen molar-refractivity contribution in [3.63, 3.8) is 0 Å². The smallest absolute Gasteiger partial charge is 0.256 e. The lowest BCUT2D eigenvalue weighted by molar-refractivity contribution is 0.102. The van der Waals surface area contributed by atoms with Gasteiger partial charge in [0.05, 0.1) is 31.0 Å². The predicted molar refractivity (Wildman–Crippen MR) is 109 cm³/mol. The molecule has 0 saturated carbocycles. The number of carbonyl (C=O) groups excluding carboxylic acids is 1. The summed E-state index contributed by atoms with van der Waals surface area (Å²) >= 11 is 13.2. The van der Waals surface area contributed by atoms with Gasteiger partial charge in [0.15, 0.2) is 0 Å². The van der Waals surface area contributed by atoms with E-state index < -0.39 is 5.82 Å². The molecule has 0 aliphatic carbocycles. The minimum atomic E-state index is -0.541. The highest BCUT2D eigenvalue weighted by Gasteiger charge is 2.15. The number of nitrogens with one attached hydrogen (secondary N) is 1. The van der Waals surface area contributed by atoms with E-state index in [4.69, 9.17) is 23.2 Å². The summed E-state index contributed by atoms with van der Waals surface area (Å²) in [6, 6.07) is 16.8. The first-order chi connectivity index (χ1) is 13.0.